The number of halogens is 1. The molecular formula is C34H27B2FN2O. The highest BCUT2D eigenvalue weighted by atomic mass is 19.1. The van der Waals surface area contributed by atoms with Gasteiger partial charge in [-0.2, -0.15) is 5.26 Å². The lowest BCUT2D eigenvalue weighted by molar-refractivity contribution is 0.528. The van der Waals surface area contributed by atoms with E-state index in [2.05, 4.69) is 30.3 Å². The maximum Gasteiger partial charge on any atom is 0.167 e. The van der Waals surface area contributed by atoms with E-state index in [1.54, 1.807) is 7.85 Å². The van der Waals surface area contributed by atoms with Gasteiger partial charge in [0.1, 0.15) is 24.8 Å². The highest BCUT2D eigenvalue weighted by molar-refractivity contribution is 6.39. The van der Waals surface area contributed by atoms with Crippen LogP contribution in [0.25, 0.3) is 55.4 Å². The average Bonchev–Trinajstić information content (AvgIpc) is 3.33. The van der Waals surface area contributed by atoms with E-state index in [0.29, 0.717) is 33.6 Å². The summed E-state index contributed by atoms with van der Waals surface area (Å²) in [5.41, 5.74) is 8.91. The fourth-order valence-corrected chi connectivity index (χ4v) is 5.78. The first kappa shape index (κ1) is 25.6. The van der Waals surface area contributed by atoms with Gasteiger partial charge < -0.3 is 4.42 Å². The Morgan fingerprint density at radius 2 is 1.45 bits per heavy atom. The molecule has 4 aromatic carbocycles. The van der Waals surface area contributed by atoms with E-state index >= 15 is 4.39 Å². The summed E-state index contributed by atoms with van der Waals surface area (Å²) >= 11 is 0. The van der Waals surface area contributed by atoms with E-state index < -0.39 is 5.41 Å². The molecule has 0 fully saturated rings. The predicted molar refractivity (Wildman–Crippen MR) is 168 cm³/mol. The lowest BCUT2D eigenvalue weighted by Gasteiger charge is -2.25. The number of pyridine rings is 1. The number of hydrogen-bond acceptors (Lipinski definition) is 3. The van der Waals surface area contributed by atoms with Gasteiger partial charge in [-0.1, -0.05) is 86.9 Å². The summed E-state index contributed by atoms with van der Waals surface area (Å²) in [7, 11) is 3.64. The van der Waals surface area contributed by atoms with Crippen LogP contribution in [0.5, 0.6) is 0 Å². The van der Waals surface area contributed by atoms with Crippen LogP contribution in [0.15, 0.2) is 89.3 Å². The number of fused-ring (bicyclic) bond motifs is 3. The highest BCUT2D eigenvalue weighted by Gasteiger charge is 2.27. The van der Waals surface area contributed by atoms with Crippen molar-refractivity contribution in [1.82, 2.24) is 4.98 Å². The number of nitrogens with zero attached hydrogens (tertiary/aromatic N) is 2. The number of aromatic nitrogens is 1. The first-order valence-corrected chi connectivity index (χ1v) is 13.4. The fourth-order valence-electron chi connectivity index (χ4n) is 5.78. The smallest absolute Gasteiger partial charge is 0.167 e. The molecule has 6 rings (SSSR count). The standard InChI is InChI=1S/C34H27B2FN2O/c1-34(2,3)27-28(35)30(39-33(36)29(27)37)24-14-8-13-23-26-16-19(18-38)15-25(32(26)40-31(23)24)22-12-7-11-21(17-22)20-9-5-4-6-10-20/h4-17H,35-36H2,1-3H3. The summed E-state index contributed by atoms with van der Waals surface area (Å²) in [4.78, 5) is 4.71. The van der Waals surface area contributed by atoms with E-state index in [1.807, 2.05) is 89.3 Å². The number of nitriles is 1. The van der Waals surface area contributed by atoms with Gasteiger partial charge >= 0.3 is 0 Å². The first-order chi connectivity index (χ1) is 19.2. The average molecular weight is 520 g/mol. The summed E-state index contributed by atoms with van der Waals surface area (Å²) in [5, 5.41) is 11.7. The van der Waals surface area contributed by atoms with Crippen molar-refractivity contribution in [1.29, 1.82) is 5.26 Å². The zero-order valence-corrected chi connectivity index (χ0v) is 23.3. The van der Waals surface area contributed by atoms with Crippen molar-refractivity contribution in [3.63, 3.8) is 0 Å². The molecule has 0 amide bonds. The molecule has 2 heterocycles. The molecule has 6 heteroatoms. The Morgan fingerprint density at radius 1 is 0.775 bits per heavy atom. The number of hydrogen-bond donors (Lipinski definition) is 0. The first-order valence-electron chi connectivity index (χ1n) is 13.4. The number of para-hydroxylation sites is 1. The van der Waals surface area contributed by atoms with Gasteiger partial charge in [-0.25, -0.2) is 4.39 Å². The molecule has 0 atom stereocenters. The van der Waals surface area contributed by atoms with Crippen LogP contribution in [0.1, 0.15) is 31.9 Å². The largest absolute Gasteiger partial charge is 0.455 e. The molecule has 0 saturated heterocycles. The van der Waals surface area contributed by atoms with Crippen LogP contribution in [0, 0.1) is 17.1 Å². The molecule has 0 N–H and O–H groups in total. The number of benzene rings is 4. The van der Waals surface area contributed by atoms with Crippen molar-refractivity contribution in [2.75, 3.05) is 0 Å². The monoisotopic (exact) mass is 520 g/mol. The molecule has 0 unspecified atom stereocenters. The quantitative estimate of drug-likeness (QED) is 0.277. The van der Waals surface area contributed by atoms with Crippen LogP contribution < -0.4 is 11.1 Å². The molecule has 6 aromatic rings. The minimum atomic E-state index is -0.392. The van der Waals surface area contributed by atoms with Crippen molar-refractivity contribution in [3.05, 3.63) is 102 Å². The van der Waals surface area contributed by atoms with Gasteiger partial charge in [-0.3, -0.25) is 4.98 Å². The van der Waals surface area contributed by atoms with Crippen LogP contribution in [-0.2, 0) is 5.41 Å². The van der Waals surface area contributed by atoms with Gasteiger partial charge in [0.25, 0.3) is 0 Å². The molecule has 0 aliphatic rings. The summed E-state index contributed by atoms with van der Waals surface area (Å²) in [5.74, 6) is -0.259. The zero-order valence-electron chi connectivity index (χ0n) is 23.3. The second kappa shape index (κ2) is 9.54. The van der Waals surface area contributed by atoms with Gasteiger partial charge in [0.05, 0.1) is 17.3 Å². The van der Waals surface area contributed by atoms with Crippen molar-refractivity contribution < 1.29 is 8.81 Å². The Bertz CT molecular complexity index is 1980. The van der Waals surface area contributed by atoms with Gasteiger partial charge in [0, 0.05) is 27.5 Å². The summed E-state index contributed by atoms with van der Waals surface area (Å²) in [6.45, 7) is 6.05. The van der Waals surface area contributed by atoms with Crippen LogP contribution in [0.4, 0.5) is 4.39 Å². The molecule has 2 aromatic heterocycles. The Labute approximate surface area is 235 Å². The molecule has 0 bridgehead atoms. The van der Waals surface area contributed by atoms with E-state index in [9.17, 15) is 5.26 Å². The minimum Gasteiger partial charge on any atom is -0.455 e. The third-order valence-corrected chi connectivity index (χ3v) is 7.56. The molecule has 40 heavy (non-hydrogen) atoms. The maximum absolute atomic E-state index is 15.3. The summed E-state index contributed by atoms with van der Waals surface area (Å²) in [6, 6.07) is 30.5. The Morgan fingerprint density at radius 3 is 2.17 bits per heavy atom. The third kappa shape index (κ3) is 4.19. The summed E-state index contributed by atoms with van der Waals surface area (Å²) < 4.78 is 22.0. The van der Waals surface area contributed by atoms with Crippen molar-refractivity contribution in [3.8, 4) is 39.6 Å². The van der Waals surface area contributed by atoms with Crippen LogP contribution in [-0.4, -0.2) is 20.7 Å². The molecule has 0 aliphatic heterocycles. The van der Waals surface area contributed by atoms with Crippen molar-refractivity contribution in [2.45, 2.75) is 26.2 Å². The third-order valence-electron chi connectivity index (χ3n) is 7.56. The van der Waals surface area contributed by atoms with Crippen LogP contribution in [0.3, 0.4) is 0 Å². The maximum atomic E-state index is 15.3. The van der Waals surface area contributed by atoms with Gasteiger partial charge in [-0.15, -0.1) is 0 Å². The van der Waals surface area contributed by atoms with E-state index in [4.69, 9.17) is 9.40 Å². The highest BCUT2D eigenvalue weighted by Crippen LogP contribution is 2.41. The second-order valence-electron chi connectivity index (χ2n) is 11.4. The van der Waals surface area contributed by atoms with Gasteiger partial charge in [0.2, 0.25) is 0 Å². The van der Waals surface area contributed by atoms with E-state index in [0.717, 1.165) is 44.1 Å². The van der Waals surface area contributed by atoms with Crippen LogP contribution >= 0.6 is 0 Å². The lowest BCUT2D eigenvalue weighted by atomic mass is 9.74. The lowest BCUT2D eigenvalue weighted by Crippen LogP contribution is -2.34. The SMILES string of the molecule is Bc1nc(-c2cccc3c2oc2c(-c4cccc(-c5ccccc5)c4)cc(C#N)cc23)c(B)c(C(C)(C)C)c1F. The second-order valence-corrected chi connectivity index (χ2v) is 11.4. The van der Waals surface area contributed by atoms with Crippen molar-refractivity contribution >= 4 is 48.7 Å². The number of rotatable bonds is 3. The predicted octanol–water partition coefficient (Wildman–Crippen LogP) is 5.81. The number of furan rings is 1. The molecule has 192 valence electrons. The Balaban J connectivity index is 1.64. The van der Waals surface area contributed by atoms with Crippen LogP contribution in [0.2, 0.25) is 0 Å². The Kier molecular flexibility index (Phi) is 6.11. The van der Waals surface area contributed by atoms with E-state index in [-0.39, 0.29) is 5.82 Å². The zero-order chi connectivity index (χ0) is 28.2. The van der Waals surface area contributed by atoms with Gasteiger partial charge in [-0.05, 0) is 51.9 Å². The molecule has 0 aliphatic carbocycles. The Hall–Kier alpha value is -4.62. The van der Waals surface area contributed by atoms with E-state index in [1.165, 1.54) is 0 Å². The topological polar surface area (TPSA) is 49.8 Å². The summed E-state index contributed by atoms with van der Waals surface area (Å²) in [6.07, 6.45) is 0. The van der Waals surface area contributed by atoms with Crippen molar-refractivity contribution in [2.24, 2.45) is 0 Å². The van der Waals surface area contributed by atoms with Gasteiger partial charge in [0.15, 0.2) is 7.85 Å². The molecule has 0 radical (unpaired) electrons. The normalized spacial score (nSPS) is 11.7. The fraction of sp³-hybridized carbons (Fsp3) is 0.118. The molecule has 3 nitrogen and oxygen atoms in total. The molecule has 0 spiro atoms. The minimum absolute atomic E-state index is 0.259. The molecular weight excluding hydrogens is 493 g/mol. The molecule has 0 saturated carbocycles.